The normalized spacial score (nSPS) is 19.7. The number of nitrogens with two attached hydrogens (primary N) is 1. The van der Waals surface area contributed by atoms with Crippen molar-refractivity contribution in [3.63, 3.8) is 0 Å². The molecule has 1 amide bonds. The van der Waals surface area contributed by atoms with Crippen LogP contribution in [0, 0.1) is 12.8 Å². The van der Waals surface area contributed by atoms with E-state index in [0.717, 1.165) is 35.9 Å². The van der Waals surface area contributed by atoms with E-state index in [9.17, 15) is 4.79 Å². The lowest BCUT2D eigenvalue weighted by Crippen LogP contribution is -2.39. The molecule has 0 radical (unpaired) electrons. The van der Waals surface area contributed by atoms with Crippen molar-refractivity contribution >= 4 is 17.4 Å². The van der Waals surface area contributed by atoms with Gasteiger partial charge < -0.3 is 16.0 Å². The molecule has 24 heavy (non-hydrogen) atoms. The number of fused-ring (bicyclic) bond motifs is 1. The highest BCUT2D eigenvalue weighted by Gasteiger charge is 2.31. The lowest BCUT2D eigenvalue weighted by molar-refractivity contribution is 0.1000. The quantitative estimate of drug-likeness (QED) is 0.906. The first-order valence-corrected chi connectivity index (χ1v) is 8.38. The Morgan fingerprint density at radius 1 is 1.38 bits per heavy atom. The molecule has 0 bridgehead atoms. The minimum Gasteiger partial charge on any atom is -0.371 e. The number of pyridine rings is 1. The van der Waals surface area contributed by atoms with Crippen molar-refractivity contribution in [2.75, 3.05) is 23.3 Å². The van der Waals surface area contributed by atoms with E-state index in [4.69, 9.17) is 5.73 Å². The molecule has 1 aliphatic rings. The van der Waals surface area contributed by atoms with Crippen LogP contribution in [0.5, 0.6) is 0 Å². The van der Waals surface area contributed by atoms with Gasteiger partial charge in [-0.3, -0.25) is 4.79 Å². The predicted octanol–water partition coefficient (Wildman–Crippen LogP) is 3.12. The zero-order valence-electron chi connectivity index (χ0n) is 14.4. The van der Waals surface area contributed by atoms with Gasteiger partial charge in [0.05, 0.1) is 6.04 Å². The molecule has 2 aromatic rings. The molecule has 5 nitrogen and oxygen atoms in total. The molecular formula is C19H24N4O. The van der Waals surface area contributed by atoms with Crippen molar-refractivity contribution in [3.8, 4) is 0 Å². The zero-order chi connectivity index (χ0) is 17.3. The van der Waals surface area contributed by atoms with E-state index >= 15 is 0 Å². The molecule has 0 aliphatic carbocycles. The van der Waals surface area contributed by atoms with Gasteiger partial charge in [-0.1, -0.05) is 13.0 Å². The summed E-state index contributed by atoms with van der Waals surface area (Å²) in [7, 11) is 0. The van der Waals surface area contributed by atoms with E-state index in [1.54, 1.807) is 0 Å². The van der Waals surface area contributed by atoms with Gasteiger partial charge in [-0.05, 0) is 55.7 Å². The number of rotatable bonds is 4. The van der Waals surface area contributed by atoms with Gasteiger partial charge in [0, 0.05) is 30.0 Å². The Hall–Kier alpha value is -2.56. The topological polar surface area (TPSA) is 71.2 Å². The number of nitrogens with one attached hydrogen (secondary N) is 1. The highest BCUT2D eigenvalue weighted by atomic mass is 16.1. The first-order valence-electron chi connectivity index (χ1n) is 8.38. The second-order valence-electron chi connectivity index (χ2n) is 6.44. The summed E-state index contributed by atoms with van der Waals surface area (Å²) >= 11 is 0. The third-order valence-electron chi connectivity index (χ3n) is 4.64. The summed E-state index contributed by atoms with van der Waals surface area (Å²) in [5, 5.41) is 3.55. The fraction of sp³-hybridized carbons (Fsp3) is 0.368. The number of hydrogen-bond acceptors (Lipinski definition) is 4. The molecule has 3 N–H and O–H groups in total. The van der Waals surface area contributed by atoms with Gasteiger partial charge in [-0.25, -0.2) is 4.98 Å². The number of hydrogen-bond donors (Lipinski definition) is 2. The van der Waals surface area contributed by atoms with Gasteiger partial charge in [-0.15, -0.1) is 0 Å². The molecule has 1 aliphatic heterocycles. The molecule has 2 heterocycles. The molecule has 2 unspecified atom stereocenters. The highest BCUT2D eigenvalue weighted by molar-refractivity contribution is 5.93. The van der Waals surface area contributed by atoms with Crippen molar-refractivity contribution in [1.29, 1.82) is 0 Å². The van der Waals surface area contributed by atoms with Crippen molar-refractivity contribution in [2.24, 2.45) is 11.7 Å². The summed E-state index contributed by atoms with van der Waals surface area (Å²) in [6.45, 7) is 8.24. The molecule has 0 fully saturated rings. The molecule has 1 aromatic carbocycles. The molecule has 3 rings (SSSR count). The van der Waals surface area contributed by atoms with Crippen LogP contribution in [-0.2, 0) is 0 Å². The summed E-state index contributed by atoms with van der Waals surface area (Å²) in [4.78, 5) is 18.5. The fourth-order valence-electron chi connectivity index (χ4n) is 3.40. The molecular weight excluding hydrogens is 300 g/mol. The van der Waals surface area contributed by atoms with Crippen LogP contribution in [0.25, 0.3) is 0 Å². The number of primary amides is 1. The number of benzene rings is 1. The van der Waals surface area contributed by atoms with Crippen molar-refractivity contribution in [2.45, 2.75) is 26.8 Å². The van der Waals surface area contributed by atoms with E-state index in [1.807, 2.05) is 43.3 Å². The monoisotopic (exact) mass is 324 g/mol. The summed E-state index contributed by atoms with van der Waals surface area (Å²) in [6.07, 6.45) is 0. The van der Waals surface area contributed by atoms with E-state index < -0.39 is 5.91 Å². The summed E-state index contributed by atoms with van der Waals surface area (Å²) in [5.74, 6) is 0.835. The number of carbonyl (C=O) groups is 1. The minimum absolute atomic E-state index is 0.0939. The van der Waals surface area contributed by atoms with Gasteiger partial charge in [0.15, 0.2) is 0 Å². The van der Waals surface area contributed by atoms with Crippen LogP contribution in [0.4, 0.5) is 11.5 Å². The summed E-state index contributed by atoms with van der Waals surface area (Å²) in [5.41, 5.74) is 9.27. The van der Waals surface area contributed by atoms with E-state index in [1.165, 1.54) is 0 Å². The van der Waals surface area contributed by atoms with Crippen LogP contribution in [0.15, 0.2) is 36.4 Å². The maximum absolute atomic E-state index is 11.6. The first-order chi connectivity index (χ1) is 11.5. The zero-order valence-corrected chi connectivity index (χ0v) is 14.4. The third kappa shape index (κ3) is 3.07. The number of amides is 1. The van der Waals surface area contributed by atoms with E-state index in [2.05, 4.69) is 29.0 Å². The minimum atomic E-state index is -0.397. The van der Waals surface area contributed by atoms with E-state index in [-0.39, 0.29) is 6.04 Å². The number of aromatic nitrogens is 1. The largest absolute Gasteiger partial charge is 0.371 e. The average Bonchev–Trinajstić information content (AvgIpc) is 2.56. The maximum atomic E-state index is 11.6. The predicted molar refractivity (Wildman–Crippen MR) is 97.3 cm³/mol. The Kier molecular flexibility index (Phi) is 4.42. The SMILES string of the molecule is CCN1CC(C)C(Nc2cccc(C)n2)c2cc(C(N)=O)ccc21. The van der Waals surface area contributed by atoms with Crippen LogP contribution < -0.4 is 16.0 Å². The lowest BCUT2D eigenvalue weighted by Gasteiger charge is -2.40. The molecule has 0 saturated heterocycles. The molecule has 0 saturated carbocycles. The Bertz CT molecular complexity index is 759. The standard InChI is InChI=1S/C19H24N4O/c1-4-23-11-12(2)18(22-17-7-5-6-13(3)21-17)15-10-14(19(20)24)8-9-16(15)23/h5-10,12,18H,4,11H2,1-3H3,(H2,20,24)(H,21,22). The number of anilines is 2. The van der Waals surface area contributed by atoms with Gasteiger partial charge in [0.25, 0.3) is 0 Å². The van der Waals surface area contributed by atoms with Crippen molar-refractivity contribution < 1.29 is 4.79 Å². The smallest absolute Gasteiger partial charge is 0.248 e. The van der Waals surface area contributed by atoms with Gasteiger partial charge in [0.2, 0.25) is 5.91 Å². The van der Waals surface area contributed by atoms with Crippen molar-refractivity contribution in [3.05, 3.63) is 53.2 Å². The molecule has 5 heteroatoms. The molecule has 2 atom stereocenters. The van der Waals surface area contributed by atoms with Gasteiger partial charge in [0.1, 0.15) is 5.82 Å². The first kappa shape index (κ1) is 16.3. The van der Waals surface area contributed by atoms with Crippen LogP contribution >= 0.6 is 0 Å². The van der Waals surface area contributed by atoms with Crippen LogP contribution in [0.1, 0.15) is 41.5 Å². The second-order valence-corrected chi connectivity index (χ2v) is 6.44. The Labute approximate surface area is 142 Å². The van der Waals surface area contributed by atoms with Gasteiger partial charge in [-0.2, -0.15) is 0 Å². The van der Waals surface area contributed by atoms with E-state index in [0.29, 0.717) is 11.5 Å². The Balaban J connectivity index is 2.03. The number of nitrogens with zero attached hydrogens (tertiary/aromatic N) is 2. The fourth-order valence-corrected chi connectivity index (χ4v) is 3.40. The third-order valence-corrected chi connectivity index (χ3v) is 4.64. The highest BCUT2D eigenvalue weighted by Crippen LogP contribution is 2.39. The van der Waals surface area contributed by atoms with Crippen LogP contribution in [-0.4, -0.2) is 24.0 Å². The Morgan fingerprint density at radius 2 is 2.17 bits per heavy atom. The van der Waals surface area contributed by atoms with Crippen molar-refractivity contribution in [1.82, 2.24) is 4.98 Å². The Morgan fingerprint density at radius 3 is 2.83 bits per heavy atom. The number of aryl methyl sites for hydroxylation is 1. The molecule has 0 spiro atoms. The number of carbonyl (C=O) groups excluding carboxylic acids is 1. The van der Waals surface area contributed by atoms with Crippen LogP contribution in [0.2, 0.25) is 0 Å². The summed E-state index contributed by atoms with van der Waals surface area (Å²) in [6, 6.07) is 11.8. The second kappa shape index (κ2) is 6.51. The summed E-state index contributed by atoms with van der Waals surface area (Å²) < 4.78 is 0. The van der Waals surface area contributed by atoms with Crippen LogP contribution in [0.3, 0.4) is 0 Å². The molecule has 126 valence electrons. The maximum Gasteiger partial charge on any atom is 0.248 e. The lowest BCUT2D eigenvalue weighted by atomic mass is 9.87. The van der Waals surface area contributed by atoms with Gasteiger partial charge >= 0.3 is 0 Å². The average molecular weight is 324 g/mol. The molecule has 1 aromatic heterocycles.